The van der Waals surface area contributed by atoms with Gasteiger partial charge in [-0.3, -0.25) is 9.52 Å². The molecule has 4 N–H and O–H groups in total. The number of carboxylic acid groups (broad SMARTS) is 1. The summed E-state index contributed by atoms with van der Waals surface area (Å²) in [5.74, 6) is -2.91. The second-order valence-corrected chi connectivity index (χ2v) is 10.8. The van der Waals surface area contributed by atoms with Gasteiger partial charge in [0.05, 0.1) is 16.3 Å². The van der Waals surface area contributed by atoms with E-state index in [9.17, 15) is 26.4 Å². The van der Waals surface area contributed by atoms with Gasteiger partial charge in [-0.15, -0.1) is 0 Å². The maximum Gasteiger partial charge on any atom is 0.490 e. The Balaban J connectivity index is 0.000000505. The Labute approximate surface area is 219 Å². The van der Waals surface area contributed by atoms with Gasteiger partial charge in [0.25, 0.3) is 15.9 Å². The van der Waals surface area contributed by atoms with Gasteiger partial charge in [0, 0.05) is 37.8 Å². The molecular formula is C25H31F3N4O5S. The van der Waals surface area contributed by atoms with Gasteiger partial charge in [-0.2, -0.15) is 13.2 Å². The number of carbonyl (C=O) groups excluding carboxylic acids is 1. The number of nitrogens with one attached hydrogen (secondary N) is 3. The lowest BCUT2D eigenvalue weighted by atomic mass is 10.1. The number of piperazine rings is 1. The van der Waals surface area contributed by atoms with Crippen LogP contribution in [0.2, 0.25) is 0 Å². The first-order valence-electron chi connectivity index (χ1n) is 12.2. The van der Waals surface area contributed by atoms with E-state index in [0.717, 1.165) is 63.1 Å². The molecule has 208 valence electrons. The van der Waals surface area contributed by atoms with E-state index in [0.29, 0.717) is 11.3 Å². The number of carboxylic acids is 1. The molecule has 1 amide bonds. The monoisotopic (exact) mass is 556 g/mol. The number of aryl methyl sites for hydroxylation is 1. The highest BCUT2D eigenvalue weighted by Crippen LogP contribution is 2.30. The number of carbonyl (C=O) groups is 2. The molecular weight excluding hydrogens is 525 g/mol. The summed E-state index contributed by atoms with van der Waals surface area (Å²) in [4.78, 5) is 24.1. The number of hydrogen-bond donors (Lipinski definition) is 4. The smallest absolute Gasteiger partial charge is 0.475 e. The van der Waals surface area contributed by atoms with Crippen LogP contribution in [0.15, 0.2) is 47.4 Å². The van der Waals surface area contributed by atoms with Gasteiger partial charge in [-0.05, 0) is 55.7 Å². The van der Waals surface area contributed by atoms with Crippen molar-refractivity contribution in [2.75, 3.05) is 35.8 Å². The standard InChI is InChI=1S/C23H30N4O3S.C2HF3O2/c1-17-5-4-8-20(15-17)31(29,30)26-21-16-18(23(28)25-19-6-2-3-7-19)9-10-22(21)27-13-11-24-12-14-27;3-2(4,5)1(6)7/h4-5,8-10,15-16,19,24,26H,2-3,6-7,11-14H2,1H3,(H,25,28);(H,6,7). The molecule has 4 rings (SSSR count). The van der Waals surface area contributed by atoms with Gasteiger partial charge < -0.3 is 20.6 Å². The van der Waals surface area contributed by atoms with Crippen LogP contribution in [0.3, 0.4) is 0 Å². The maximum absolute atomic E-state index is 13.1. The number of benzene rings is 2. The summed E-state index contributed by atoms with van der Waals surface area (Å²) < 4.78 is 60.7. The zero-order chi connectivity index (χ0) is 27.9. The fourth-order valence-electron chi connectivity index (χ4n) is 4.27. The fraction of sp³-hybridized carbons (Fsp3) is 0.440. The van der Waals surface area contributed by atoms with E-state index in [2.05, 4.69) is 20.3 Å². The molecule has 9 nitrogen and oxygen atoms in total. The minimum atomic E-state index is -5.08. The Morgan fingerprint density at radius 3 is 2.26 bits per heavy atom. The number of rotatable bonds is 6. The van der Waals surface area contributed by atoms with Crippen molar-refractivity contribution in [2.24, 2.45) is 0 Å². The summed E-state index contributed by atoms with van der Waals surface area (Å²) in [7, 11) is -3.79. The van der Waals surface area contributed by atoms with Crippen molar-refractivity contribution in [1.29, 1.82) is 0 Å². The van der Waals surface area contributed by atoms with Crippen molar-refractivity contribution in [3.05, 3.63) is 53.6 Å². The highest BCUT2D eigenvalue weighted by atomic mass is 32.2. The molecule has 0 spiro atoms. The van der Waals surface area contributed by atoms with Crippen molar-refractivity contribution in [2.45, 2.75) is 49.7 Å². The molecule has 2 aromatic rings. The minimum absolute atomic E-state index is 0.158. The van der Waals surface area contributed by atoms with Crippen LogP contribution in [0.25, 0.3) is 0 Å². The van der Waals surface area contributed by atoms with Crippen LogP contribution >= 0.6 is 0 Å². The predicted octanol–water partition coefficient (Wildman–Crippen LogP) is 3.51. The van der Waals surface area contributed by atoms with Crippen molar-refractivity contribution in [3.8, 4) is 0 Å². The van der Waals surface area contributed by atoms with Gasteiger partial charge >= 0.3 is 12.1 Å². The van der Waals surface area contributed by atoms with Crippen LogP contribution in [0.1, 0.15) is 41.6 Å². The average Bonchev–Trinajstić information content (AvgIpc) is 3.37. The lowest BCUT2D eigenvalue weighted by molar-refractivity contribution is -0.192. The van der Waals surface area contributed by atoms with E-state index in [-0.39, 0.29) is 16.8 Å². The summed E-state index contributed by atoms with van der Waals surface area (Å²) in [6, 6.07) is 12.3. The van der Waals surface area contributed by atoms with Crippen LogP contribution in [0.5, 0.6) is 0 Å². The molecule has 0 radical (unpaired) electrons. The normalized spacial score (nSPS) is 16.4. The summed E-state index contributed by atoms with van der Waals surface area (Å²) in [5, 5.41) is 13.5. The zero-order valence-corrected chi connectivity index (χ0v) is 21.7. The van der Waals surface area contributed by atoms with Gasteiger partial charge in [-0.25, -0.2) is 13.2 Å². The summed E-state index contributed by atoms with van der Waals surface area (Å²) in [6.45, 7) is 5.06. The van der Waals surface area contributed by atoms with E-state index >= 15 is 0 Å². The van der Waals surface area contributed by atoms with Gasteiger partial charge in [0.1, 0.15) is 0 Å². The highest BCUT2D eigenvalue weighted by Gasteiger charge is 2.38. The summed E-state index contributed by atoms with van der Waals surface area (Å²) >= 11 is 0. The van der Waals surface area contributed by atoms with Gasteiger partial charge in [0.15, 0.2) is 0 Å². The molecule has 38 heavy (non-hydrogen) atoms. The van der Waals surface area contributed by atoms with E-state index in [4.69, 9.17) is 9.90 Å². The molecule has 13 heteroatoms. The molecule has 1 aliphatic carbocycles. The molecule has 1 saturated carbocycles. The third-order valence-corrected chi connectivity index (χ3v) is 7.56. The second kappa shape index (κ2) is 12.5. The summed E-state index contributed by atoms with van der Waals surface area (Å²) in [5.41, 5.74) is 2.56. The van der Waals surface area contributed by atoms with Crippen LogP contribution in [-0.4, -0.2) is 63.8 Å². The summed E-state index contributed by atoms with van der Waals surface area (Å²) in [6.07, 6.45) is -0.822. The molecule has 0 atom stereocenters. The van der Waals surface area contributed by atoms with Crippen molar-refractivity contribution >= 4 is 33.3 Å². The number of amides is 1. The first-order chi connectivity index (χ1) is 17.9. The maximum atomic E-state index is 13.1. The largest absolute Gasteiger partial charge is 0.490 e. The average molecular weight is 557 g/mol. The van der Waals surface area contributed by atoms with Crippen LogP contribution in [0, 0.1) is 6.92 Å². The van der Waals surface area contributed by atoms with Gasteiger partial charge in [-0.1, -0.05) is 25.0 Å². The Morgan fingerprint density at radius 1 is 1.05 bits per heavy atom. The predicted molar refractivity (Wildman–Crippen MR) is 137 cm³/mol. The lowest BCUT2D eigenvalue weighted by Gasteiger charge is -2.31. The van der Waals surface area contributed by atoms with Gasteiger partial charge in [0.2, 0.25) is 0 Å². The molecule has 2 aromatic carbocycles. The molecule has 0 aromatic heterocycles. The Morgan fingerprint density at radius 2 is 1.68 bits per heavy atom. The third-order valence-electron chi connectivity index (χ3n) is 6.19. The Bertz CT molecular complexity index is 1240. The van der Waals surface area contributed by atoms with E-state index in [1.807, 2.05) is 19.1 Å². The molecule has 2 fully saturated rings. The molecule has 2 aliphatic rings. The number of alkyl halides is 3. The van der Waals surface area contributed by atoms with Crippen LogP contribution in [-0.2, 0) is 14.8 Å². The van der Waals surface area contributed by atoms with E-state index in [1.54, 1.807) is 30.3 Å². The number of anilines is 2. The fourth-order valence-corrected chi connectivity index (χ4v) is 5.44. The number of aliphatic carboxylic acids is 1. The number of hydrogen-bond acceptors (Lipinski definition) is 6. The van der Waals surface area contributed by atoms with Crippen LogP contribution < -0.4 is 20.3 Å². The highest BCUT2D eigenvalue weighted by molar-refractivity contribution is 7.92. The first kappa shape index (κ1) is 29.2. The number of nitrogens with zero attached hydrogens (tertiary/aromatic N) is 1. The van der Waals surface area contributed by atoms with E-state index < -0.39 is 22.2 Å². The second-order valence-electron chi connectivity index (χ2n) is 9.15. The van der Waals surface area contributed by atoms with Crippen molar-refractivity contribution < 1.29 is 36.3 Å². The Hall–Kier alpha value is -3.32. The molecule has 1 heterocycles. The van der Waals surface area contributed by atoms with E-state index in [1.165, 1.54) is 0 Å². The number of sulfonamides is 1. The third kappa shape index (κ3) is 8.09. The zero-order valence-electron chi connectivity index (χ0n) is 20.8. The quantitative estimate of drug-likeness (QED) is 0.429. The Kier molecular flexibility index (Phi) is 9.60. The van der Waals surface area contributed by atoms with Crippen molar-refractivity contribution in [1.82, 2.24) is 10.6 Å². The SMILES string of the molecule is Cc1cccc(S(=O)(=O)Nc2cc(C(=O)NC3CCCC3)ccc2N2CCNCC2)c1.O=C(O)C(F)(F)F. The number of halogens is 3. The van der Waals surface area contributed by atoms with Crippen LogP contribution in [0.4, 0.5) is 24.5 Å². The van der Waals surface area contributed by atoms with Crippen molar-refractivity contribution in [3.63, 3.8) is 0 Å². The minimum Gasteiger partial charge on any atom is -0.475 e. The molecule has 0 unspecified atom stereocenters. The molecule has 0 bridgehead atoms. The topological polar surface area (TPSA) is 128 Å². The molecule has 1 saturated heterocycles. The first-order valence-corrected chi connectivity index (χ1v) is 13.7. The lowest BCUT2D eigenvalue weighted by Crippen LogP contribution is -2.43. The molecule has 1 aliphatic heterocycles.